The first-order valence-corrected chi connectivity index (χ1v) is 7.43. The Hall–Kier alpha value is -2.34. The molecule has 1 aromatic heterocycles. The van der Waals surface area contributed by atoms with Crippen molar-refractivity contribution in [1.29, 1.82) is 0 Å². The lowest BCUT2D eigenvalue weighted by Gasteiger charge is -2.13. The van der Waals surface area contributed by atoms with Gasteiger partial charge in [-0.1, -0.05) is 12.1 Å². The quantitative estimate of drug-likeness (QED) is 0.725. The standard InChI is InChI=1S/C16H22N4O2/c1-13(8-12-21)19-16(22)17-10-7-14-3-5-15(6-4-14)20-11-2-9-18-20/h2-6,9,11,13,21H,7-8,10,12H2,1H3,(H2,17,19,22)/t13-/m1/s1. The van der Waals surface area contributed by atoms with E-state index in [9.17, 15) is 4.79 Å². The minimum absolute atomic E-state index is 0.0293. The van der Waals surface area contributed by atoms with Crippen LogP contribution in [-0.4, -0.2) is 40.1 Å². The van der Waals surface area contributed by atoms with E-state index in [0.29, 0.717) is 13.0 Å². The van der Waals surface area contributed by atoms with E-state index in [1.807, 2.05) is 43.5 Å². The average molecular weight is 302 g/mol. The molecular weight excluding hydrogens is 280 g/mol. The van der Waals surface area contributed by atoms with Crippen molar-refractivity contribution in [2.75, 3.05) is 13.2 Å². The van der Waals surface area contributed by atoms with E-state index >= 15 is 0 Å². The van der Waals surface area contributed by atoms with Crippen molar-refractivity contribution in [3.8, 4) is 5.69 Å². The van der Waals surface area contributed by atoms with E-state index in [4.69, 9.17) is 5.11 Å². The molecule has 6 heteroatoms. The Labute approximate surface area is 130 Å². The van der Waals surface area contributed by atoms with Crippen molar-refractivity contribution in [3.05, 3.63) is 48.3 Å². The summed E-state index contributed by atoms with van der Waals surface area (Å²) in [5.74, 6) is 0. The normalized spacial score (nSPS) is 11.9. The molecule has 0 aliphatic rings. The highest BCUT2D eigenvalue weighted by atomic mass is 16.3. The van der Waals surface area contributed by atoms with Gasteiger partial charge >= 0.3 is 6.03 Å². The molecule has 2 aromatic rings. The van der Waals surface area contributed by atoms with Crippen LogP contribution in [0.4, 0.5) is 4.79 Å². The highest BCUT2D eigenvalue weighted by Crippen LogP contribution is 2.08. The number of benzene rings is 1. The lowest BCUT2D eigenvalue weighted by Crippen LogP contribution is -2.41. The highest BCUT2D eigenvalue weighted by Gasteiger charge is 2.05. The molecule has 22 heavy (non-hydrogen) atoms. The van der Waals surface area contributed by atoms with Crippen LogP contribution >= 0.6 is 0 Å². The number of hydrogen-bond donors (Lipinski definition) is 3. The molecule has 0 fully saturated rings. The highest BCUT2D eigenvalue weighted by molar-refractivity contribution is 5.74. The summed E-state index contributed by atoms with van der Waals surface area (Å²) in [6.45, 7) is 2.51. The van der Waals surface area contributed by atoms with Gasteiger partial charge in [0.15, 0.2) is 0 Å². The van der Waals surface area contributed by atoms with Crippen molar-refractivity contribution in [3.63, 3.8) is 0 Å². The van der Waals surface area contributed by atoms with Gasteiger partial charge in [-0.25, -0.2) is 9.48 Å². The van der Waals surface area contributed by atoms with Gasteiger partial charge in [-0.2, -0.15) is 5.10 Å². The van der Waals surface area contributed by atoms with Crippen molar-refractivity contribution >= 4 is 6.03 Å². The summed E-state index contributed by atoms with van der Waals surface area (Å²) >= 11 is 0. The third kappa shape index (κ3) is 4.89. The monoisotopic (exact) mass is 302 g/mol. The van der Waals surface area contributed by atoms with Gasteiger partial charge in [-0.3, -0.25) is 0 Å². The summed E-state index contributed by atoms with van der Waals surface area (Å²) in [7, 11) is 0. The van der Waals surface area contributed by atoms with Gasteiger partial charge in [-0.15, -0.1) is 0 Å². The minimum atomic E-state index is -0.200. The van der Waals surface area contributed by atoms with E-state index in [-0.39, 0.29) is 18.7 Å². The van der Waals surface area contributed by atoms with Crippen LogP contribution in [0.1, 0.15) is 18.9 Å². The predicted octanol–water partition coefficient (Wildman–Crippen LogP) is 1.48. The van der Waals surface area contributed by atoms with E-state index in [2.05, 4.69) is 15.7 Å². The molecule has 0 aliphatic carbocycles. The second-order valence-corrected chi connectivity index (χ2v) is 5.18. The molecule has 118 valence electrons. The Bertz CT molecular complexity index is 566. The number of amides is 2. The number of aliphatic hydroxyl groups excluding tert-OH is 1. The maximum atomic E-state index is 11.6. The minimum Gasteiger partial charge on any atom is -0.396 e. The largest absolute Gasteiger partial charge is 0.396 e. The number of rotatable bonds is 7. The number of aliphatic hydroxyl groups is 1. The summed E-state index contributed by atoms with van der Waals surface area (Å²) in [4.78, 5) is 11.6. The molecule has 1 heterocycles. The van der Waals surface area contributed by atoms with Gasteiger partial charge in [0.1, 0.15) is 0 Å². The molecule has 0 saturated heterocycles. The second-order valence-electron chi connectivity index (χ2n) is 5.18. The topological polar surface area (TPSA) is 79.2 Å². The third-order valence-corrected chi connectivity index (χ3v) is 3.34. The number of nitrogens with one attached hydrogen (secondary N) is 2. The molecule has 0 saturated carbocycles. The first-order valence-electron chi connectivity index (χ1n) is 7.43. The van der Waals surface area contributed by atoms with Crippen LogP contribution < -0.4 is 10.6 Å². The smallest absolute Gasteiger partial charge is 0.315 e. The van der Waals surface area contributed by atoms with Crippen LogP contribution in [0.2, 0.25) is 0 Å². The Kier molecular flexibility index (Phi) is 5.97. The summed E-state index contributed by atoms with van der Waals surface area (Å²) < 4.78 is 1.80. The molecule has 0 unspecified atom stereocenters. The predicted molar refractivity (Wildman–Crippen MR) is 85.0 cm³/mol. The van der Waals surface area contributed by atoms with Crippen LogP contribution in [0.15, 0.2) is 42.7 Å². The first kappa shape index (κ1) is 16.0. The van der Waals surface area contributed by atoms with Crippen LogP contribution in [0.3, 0.4) is 0 Å². The zero-order valence-electron chi connectivity index (χ0n) is 12.7. The van der Waals surface area contributed by atoms with Gasteiger partial charge in [0.05, 0.1) is 5.69 Å². The third-order valence-electron chi connectivity index (χ3n) is 3.34. The van der Waals surface area contributed by atoms with Crippen LogP contribution in [0.5, 0.6) is 0 Å². The molecule has 1 aromatic carbocycles. The lowest BCUT2D eigenvalue weighted by molar-refractivity contribution is 0.231. The summed E-state index contributed by atoms with van der Waals surface area (Å²) in [6.07, 6.45) is 4.96. The summed E-state index contributed by atoms with van der Waals surface area (Å²) in [5.41, 5.74) is 2.16. The van der Waals surface area contributed by atoms with Crippen molar-refractivity contribution < 1.29 is 9.90 Å². The van der Waals surface area contributed by atoms with Crippen molar-refractivity contribution in [1.82, 2.24) is 20.4 Å². The van der Waals surface area contributed by atoms with Gasteiger partial charge in [0.2, 0.25) is 0 Å². The zero-order chi connectivity index (χ0) is 15.8. The summed E-state index contributed by atoms with van der Waals surface area (Å²) in [5, 5.41) is 18.6. The van der Waals surface area contributed by atoms with E-state index in [1.165, 1.54) is 0 Å². The molecule has 2 rings (SSSR count). The van der Waals surface area contributed by atoms with E-state index in [0.717, 1.165) is 17.7 Å². The Morgan fingerprint density at radius 3 is 2.77 bits per heavy atom. The van der Waals surface area contributed by atoms with E-state index < -0.39 is 0 Å². The number of nitrogens with zero attached hydrogens (tertiary/aromatic N) is 2. The second kappa shape index (κ2) is 8.19. The molecule has 0 aliphatic heterocycles. The lowest BCUT2D eigenvalue weighted by atomic mass is 10.1. The molecule has 0 spiro atoms. The van der Waals surface area contributed by atoms with Gasteiger partial charge in [-0.05, 0) is 43.5 Å². The van der Waals surface area contributed by atoms with E-state index in [1.54, 1.807) is 10.9 Å². The van der Waals surface area contributed by atoms with Gasteiger partial charge in [0.25, 0.3) is 0 Å². The fourth-order valence-electron chi connectivity index (χ4n) is 2.10. The molecular formula is C16H22N4O2. The Morgan fingerprint density at radius 1 is 1.36 bits per heavy atom. The first-order chi connectivity index (χ1) is 10.7. The summed E-state index contributed by atoms with van der Waals surface area (Å²) in [6, 6.07) is 9.73. The van der Waals surface area contributed by atoms with Crippen molar-refractivity contribution in [2.45, 2.75) is 25.8 Å². The average Bonchev–Trinajstić information content (AvgIpc) is 3.02. The number of hydrogen-bond acceptors (Lipinski definition) is 3. The number of carbonyl (C=O) groups is 1. The molecule has 6 nitrogen and oxygen atoms in total. The number of urea groups is 1. The number of aromatic nitrogens is 2. The molecule has 0 bridgehead atoms. The zero-order valence-corrected chi connectivity index (χ0v) is 12.7. The van der Waals surface area contributed by atoms with Crippen LogP contribution in [0, 0.1) is 0 Å². The number of carbonyl (C=O) groups excluding carboxylic acids is 1. The SMILES string of the molecule is C[C@H](CCO)NC(=O)NCCc1ccc(-n2cccn2)cc1. The Balaban J connectivity index is 1.74. The van der Waals surface area contributed by atoms with Crippen LogP contribution in [0.25, 0.3) is 5.69 Å². The molecule has 2 amide bonds. The van der Waals surface area contributed by atoms with Gasteiger partial charge in [0, 0.05) is 31.6 Å². The fraction of sp³-hybridized carbons (Fsp3) is 0.375. The molecule has 0 radical (unpaired) electrons. The molecule has 3 N–H and O–H groups in total. The van der Waals surface area contributed by atoms with Crippen LogP contribution in [-0.2, 0) is 6.42 Å². The van der Waals surface area contributed by atoms with Crippen molar-refractivity contribution in [2.24, 2.45) is 0 Å². The Morgan fingerprint density at radius 2 is 2.14 bits per heavy atom. The fourth-order valence-corrected chi connectivity index (χ4v) is 2.10. The maximum absolute atomic E-state index is 11.6. The maximum Gasteiger partial charge on any atom is 0.315 e. The van der Waals surface area contributed by atoms with Gasteiger partial charge < -0.3 is 15.7 Å². The molecule has 1 atom stereocenters.